The molecule has 0 bridgehead atoms. The Bertz CT molecular complexity index is 527. The lowest BCUT2D eigenvalue weighted by Gasteiger charge is -2.04. The third-order valence-corrected chi connectivity index (χ3v) is 3.17. The summed E-state index contributed by atoms with van der Waals surface area (Å²) in [4.78, 5) is 7.89. The van der Waals surface area contributed by atoms with Crippen molar-refractivity contribution in [2.45, 2.75) is 19.6 Å². The maximum Gasteiger partial charge on any atom is 0.129 e. The van der Waals surface area contributed by atoms with Crippen molar-refractivity contribution >= 4 is 35.7 Å². The third kappa shape index (κ3) is 5.14. The molecule has 0 radical (unpaired) electrons. The summed E-state index contributed by atoms with van der Waals surface area (Å²) in [5, 5.41) is 0. The molecule has 1 aromatic carbocycles. The van der Waals surface area contributed by atoms with Crippen LogP contribution < -0.4 is 0 Å². The van der Waals surface area contributed by atoms with E-state index >= 15 is 0 Å². The van der Waals surface area contributed by atoms with Gasteiger partial charge in [-0.15, -0.1) is 5.54 Å². The molecule has 0 aromatic heterocycles. The highest BCUT2D eigenvalue weighted by molar-refractivity contribution is 9.10. The molecule has 0 amide bonds. The Morgan fingerprint density at radius 1 is 1.24 bits per heavy atom. The molecule has 0 aliphatic carbocycles. The molecule has 0 aliphatic heterocycles. The fraction of sp³-hybridized carbons (Fsp3) is 0.308. The van der Waals surface area contributed by atoms with Gasteiger partial charge in [0.05, 0.1) is 17.3 Å². The molecule has 88 valence electrons. The molecule has 1 rings (SSSR count). The van der Waals surface area contributed by atoms with E-state index in [-0.39, 0.29) is 0 Å². The third-order valence-electron chi connectivity index (χ3n) is 1.80. The van der Waals surface area contributed by atoms with Crippen LogP contribution in [0.2, 0.25) is 19.6 Å². The summed E-state index contributed by atoms with van der Waals surface area (Å²) >= 11 is 3.42. The maximum atomic E-state index is 4.15. The van der Waals surface area contributed by atoms with E-state index in [1.165, 1.54) is 0 Å². The average Bonchev–Trinajstić information content (AvgIpc) is 2.23. The van der Waals surface area contributed by atoms with Gasteiger partial charge < -0.3 is 0 Å². The van der Waals surface area contributed by atoms with Crippen LogP contribution in [0.4, 0.5) is 5.69 Å². The fourth-order valence-electron chi connectivity index (χ4n) is 1.06. The molecule has 0 heterocycles. The van der Waals surface area contributed by atoms with Crippen molar-refractivity contribution in [2.75, 3.05) is 7.05 Å². The van der Waals surface area contributed by atoms with Gasteiger partial charge in [0.2, 0.25) is 0 Å². The second kappa shape index (κ2) is 5.97. The van der Waals surface area contributed by atoms with Gasteiger partial charge in [0.1, 0.15) is 8.07 Å². The first kappa shape index (κ1) is 13.9. The van der Waals surface area contributed by atoms with Gasteiger partial charge in [-0.2, -0.15) is 4.99 Å². The highest BCUT2D eigenvalue weighted by Crippen LogP contribution is 2.23. The van der Waals surface area contributed by atoms with Gasteiger partial charge >= 0.3 is 0 Å². The Morgan fingerprint density at radius 2 is 1.94 bits per heavy atom. The zero-order valence-corrected chi connectivity index (χ0v) is 13.1. The van der Waals surface area contributed by atoms with Crippen LogP contribution in [0.5, 0.6) is 0 Å². The summed E-state index contributed by atoms with van der Waals surface area (Å²) in [6.45, 7) is 6.65. The Kier molecular flexibility index (Phi) is 4.89. The van der Waals surface area contributed by atoms with Crippen molar-refractivity contribution in [3.63, 3.8) is 0 Å². The monoisotopic (exact) mass is 306 g/mol. The topological polar surface area (TPSA) is 24.7 Å². The molecule has 0 unspecified atom stereocenters. The van der Waals surface area contributed by atoms with Crippen molar-refractivity contribution < 1.29 is 0 Å². The minimum Gasteiger partial charge on any atom is -0.229 e. The summed E-state index contributed by atoms with van der Waals surface area (Å²) in [5.74, 6) is 3.20. The van der Waals surface area contributed by atoms with Crippen molar-refractivity contribution in [3.05, 3.63) is 28.2 Å². The number of hydrogen-bond acceptors (Lipinski definition) is 2. The van der Waals surface area contributed by atoms with Crippen LogP contribution in [0.25, 0.3) is 0 Å². The van der Waals surface area contributed by atoms with Gasteiger partial charge in [0.25, 0.3) is 0 Å². The van der Waals surface area contributed by atoms with E-state index in [9.17, 15) is 0 Å². The summed E-state index contributed by atoms with van der Waals surface area (Å²) in [6, 6.07) is 8.46. The number of aliphatic imine (C=N–C) groups is 2. The highest BCUT2D eigenvalue weighted by Gasteiger charge is 2.08. The summed E-state index contributed by atoms with van der Waals surface area (Å²) < 4.78 is 0.979. The van der Waals surface area contributed by atoms with E-state index < -0.39 is 8.07 Å². The molecular formula is C13H15BrN2Si. The number of hydrogen-bond donors (Lipinski definition) is 0. The molecule has 0 saturated heterocycles. The van der Waals surface area contributed by atoms with Crippen LogP contribution in [-0.4, -0.2) is 21.1 Å². The van der Waals surface area contributed by atoms with Crippen LogP contribution in [-0.2, 0) is 0 Å². The van der Waals surface area contributed by atoms with Crippen LogP contribution >= 0.6 is 15.9 Å². The Balaban J connectivity index is 3.23. The fourth-order valence-corrected chi connectivity index (χ4v) is 1.92. The highest BCUT2D eigenvalue weighted by atomic mass is 79.9. The summed E-state index contributed by atoms with van der Waals surface area (Å²) in [7, 11) is 0.282. The van der Waals surface area contributed by atoms with Crippen LogP contribution in [0.1, 0.15) is 5.56 Å². The van der Waals surface area contributed by atoms with Gasteiger partial charge in [-0.25, -0.2) is 4.99 Å². The molecular weight excluding hydrogens is 292 g/mol. The SMILES string of the molecule is CN=C=Nc1cc(Br)ccc1C#C[Si](C)(C)C. The maximum absolute atomic E-state index is 4.15. The van der Waals surface area contributed by atoms with Crippen LogP contribution in [0.15, 0.2) is 32.7 Å². The van der Waals surface area contributed by atoms with E-state index in [2.05, 4.69) is 63.0 Å². The lowest BCUT2D eigenvalue weighted by molar-refractivity contribution is 1.43. The van der Waals surface area contributed by atoms with Gasteiger partial charge in [-0.05, 0) is 18.2 Å². The molecule has 0 atom stereocenters. The molecule has 2 nitrogen and oxygen atoms in total. The first-order chi connectivity index (χ1) is 7.92. The minimum atomic E-state index is -1.37. The van der Waals surface area contributed by atoms with E-state index in [4.69, 9.17) is 0 Å². The molecule has 17 heavy (non-hydrogen) atoms. The number of halogens is 1. The minimum absolute atomic E-state index is 0.802. The molecule has 0 aliphatic rings. The quantitative estimate of drug-likeness (QED) is 0.424. The first-order valence-corrected chi connectivity index (χ1v) is 9.59. The lowest BCUT2D eigenvalue weighted by atomic mass is 10.2. The van der Waals surface area contributed by atoms with E-state index in [0.29, 0.717) is 0 Å². The smallest absolute Gasteiger partial charge is 0.129 e. The standard InChI is InChI=1S/C13H15BrN2Si/c1-15-10-16-13-9-12(14)6-5-11(13)7-8-17(2,3)4/h5-6,9H,1-4H3. The van der Waals surface area contributed by atoms with Gasteiger partial charge in [-0.1, -0.05) is 41.5 Å². The number of benzene rings is 1. The molecule has 0 spiro atoms. The number of rotatable bonds is 1. The lowest BCUT2D eigenvalue weighted by Crippen LogP contribution is -2.16. The van der Waals surface area contributed by atoms with Gasteiger partial charge in [0, 0.05) is 11.5 Å². The summed E-state index contributed by atoms with van der Waals surface area (Å²) in [6.07, 6.45) is 0. The van der Waals surface area contributed by atoms with Gasteiger partial charge in [-0.3, -0.25) is 0 Å². The van der Waals surface area contributed by atoms with Crippen LogP contribution in [0.3, 0.4) is 0 Å². The van der Waals surface area contributed by atoms with Crippen molar-refractivity contribution in [1.29, 1.82) is 0 Å². The second-order valence-corrected chi connectivity index (χ2v) is 10.3. The predicted molar refractivity (Wildman–Crippen MR) is 79.8 cm³/mol. The summed E-state index contributed by atoms with van der Waals surface area (Å²) in [5.41, 5.74) is 5.05. The molecule has 0 saturated carbocycles. The van der Waals surface area contributed by atoms with Crippen molar-refractivity contribution in [2.24, 2.45) is 9.98 Å². The molecule has 4 heteroatoms. The van der Waals surface area contributed by atoms with Crippen molar-refractivity contribution in [3.8, 4) is 11.5 Å². The van der Waals surface area contributed by atoms with E-state index in [1.54, 1.807) is 7.05 Å². The van der Waals surface area contributed by atoms with Crippen LogP contribution in [0, 0.1) is 11.5 Å². The largest absolute Gasteiger partial charge is 0.229 e. The number of nitrogens with zero attached hydrogens (tertiary/aromatic N) is 2. The normalized spacial score (nSPS) is 9.94. The Hall–Kier alpha value is -1.14. The first-order valence-electron chi connectivity index (χ1n) is 5.30. The van der Waals surface area contributed by atoms with Gasteiger partial charge in [0.15, 0.2) is 0 Å². The average molecular weight is 307 g/mol. The zero-order valence-electron chi connectivity index (χ0n) is 10.5. The van der Waals surface area contributed by atoms with Crippen molar-refractivity contribution in [1.82, 2.24) is 0 Å². The van der Waals surface area contributed by atoms with E-state index in [1.807, 2.05) is 18.2 Å². The zero-order chi connectivity index (χ0) is 12.9. The Labute approximate surface area is 112 Å². The van der Waals surface area contributed by atoms with E-state index in [0.717, 1.165) is 15.7 Å². The molecule has 1 aromatic rings. The second-order valence-electron chi connectivity index (χ2n) is 4.60. The molecule has 0 fully saturated rings. The molecule has 0 N–H and O–H groups in total. The predicted octanol–water partition coefficient (Wildman–Crippen LogP) is 4.11. The Morgan fingerprint density at radius 3 is 2.53 bits per heavy atom.